The smallest absolute Gasteiger partial charge is 0.344 e. The lowest BCUT2D eigenvalue weighted by molar-refractivity contribution is -0.124. The molecule has 7 nitrogen and oxygen atoms in total. The average Bonchev–Trinajstić information content (AvgIpc) is 2.58. The van der Waals surface area contributed by atoms with Crippen LogP contribution in [0.25, 0.3) is 0 Å². The first-order valence-electron chi connectivity index (χ1n) is 7.52. The highest BCUT2D eigenvalue weighted by Crippen LogP contribution is 2.09. The summed E-state index contributed by atoms with van der Waals surface area (Å²) < 4.78 is 6.02. The fourth-order valence-electron chi connectivity index (χ4n) is 2.15. The first-order chi connectivity index (χ1) is 11.8. The van der Waals surface area contributed by atoms with Gasteiger partial charge >= 0.3 is 5.97 Å². The zero-order valence-corrected chi connectivity index (χ0v) is 14.9. The van der Waals surface area contributed by atoms with Crippen molar-refractivity contribution in [1.29, 1.82) is 0 Å². The van der Waals surface area contributed by atoms with Gasteiger partial charge in [-0.05, 0) is 37.1 Å². The summed E-state index contributed by atoms with van der Waals surface area (Å²) in [6.45, 7) is 3.10. The Bertz CT molecular complexity index is 859. The Hall–Kier alpha value is -2.67. The predicted octanol–water partition coefficient (Wildman–Crippen LogP) is 1.52. The van der Waals surface area contributed by atoms with Crippen molar-refractivity contribution in [2.24, 2.45) is 7.05 Å². The fourth-order valence-corrected chi connectivity index (χ4v) is 2.27. The number of nitrogens with zero attached hydrogens (tertiary/aromatic N) is 2. The van der Waals surface area contributed by atoms with Gasteiger partial charge in [-0.25, -0.2) is 9.48 Å². The van der Waals surface area contributed by atoms with Crippen molar-refractivity contribution in [1.82, 2.24) is 15.1 Å². The van der Waals surface area contributed by atoms with Crippen LogP contribution in [0.1, 0.15) is 27.2 Å². The summed E-state index contributed by atoms with van der Waals surface area (Å²) in [5.74, 6) is -1.31. The number of hydrogen-bond acceptors (Lipinski definition) is 5. The van der Waals surface area contributed by atoms with Crippen LogP contribution in [0.5, 0.6) is 0 Å². The van der Waals surface area contributed by atoms with Gasteiger partial charge in [-0.15, -0.1) is 0 Å². The first-order valence-corrected chi connectivity index (χ1v) is 7.90. The molecule has 0 radical (unpaired) electrons. The Morgan fingerprint density at radius 3 is 2.52 bits per heavy atom. The molecule has 1 N–H and O–H groups in total. The van der Waals surface area contributed by atoms with Crippen molar-refractivity contribution in [2.75, 3.05) is 6.61 Å². The number of hydrogen-bond donors (Lipinski definition) is 1. The van der Waals surface area contributed by atoms with E-state index in [0.717, 1.165) is 10.2 Å². The van der Waals surface area contributed by atoms with Gasteiger partial charge in [-0.2, -0.15) is 5.10 Å². The number of aromatic nitrogens is 2. The highest BCUT2D eigenvalue weighted by Gasteiger charge is 2.20. The molecule has 0 aliphatic rings. The van der Waals surface area contributed by atoms with Gasteiger partial charge in [-0.3, -0.25) is 9.59 Å². The Labute approximate surface area is 149 Å². The molecule has 1 heterocycles. The molecule has 0 unspecified atom stereocenters. The molecule has 2 rings (SSSR count). The molecular weight excluding hydrogens is 346 g/mol. The fraction of sp³-hybridized carbons (Fsp3) is 0.294. The molecular formula is C17H18ClN3O4. The number of aryl methyl sites for hydroxylation is 2. The molecule has 25 heavy (non-hydrogen) atoms. The molecule has 0 spiro atoms. The maximum atomic E-state index is 12.1. The van der Waals surface area contributed by atoms with Crippen molar-refractivity contribution >= 4 is 23.5 Å². The number of carbonyl (C=O) groups excluding carboxylic acids is 2. The largest absolute Gasteiger partial charge is 0.452 e. The maximum Gasteiger partial charge on any atom is 0.344 e. The van der Waals surface area contributed by atoms with Crippen molar-refractivity contribution in [2.45, 2.75) is 20.4 Å². The third-order valence-corrected chi connectivity index (χ3v) is 3.92. The van der Waals surface area contributed by atoms with Gasteiger partial charge < -0.3 is 10.1 Å². The molecule has 0 atom stereocenters. The Balaban J connectivity index is 1.95. The topological polar surface area (TPSA) is 90.3 Å². The second-order valence-corrected chi connectivity index (χ2v) is 5.93. The lowest BCUT2D eigenvalue weighted by Gasteiger charge is -2.10. The van der Waals surface area contributed by atoms with E-state index in [9.17, 15) is 14.4 Å². The van der Waals surface area contributed by atoms with Crippen molar-refractivity contribution in [3.63, 3.8) is 0 Å². The van der Waals surface area contributed by atoms with Gasteiger partial charge in [0, 0.05) is 18.6 Å². The van der Waals surface area contributed by atoms with Gasteiger partial charge in [0.25, 0.3) is 11.5 Å². The second kappa shape index (κ2) is 7.94. The van der Waals surface area contributed by atoms with E-state index in [2.05, 4.69) is 10.4 Å². The van der Waals surface area contributed by atoms with E-state index in [1.807, 2.05) is 0 Å². The van der Waals surface area contributed by atoms with E-state index in [1.54, 1.807) is 38.1 Å². The lowest BCUT2D eigenvalue weighted by atomic mass is 10.1. The quantitative estimate of drug-likeness (QED) is 0.813. The number of ether oxygens (including phenoxy) is 1. The summed E-state index contributed by atoms with van der Waals surface area (Å²) in [5, 5.41) is 7.22. The van der Waals surface area contributed by atoms with Crippen LogP contribution >= 0.6 is 11.6 Å². The van der Waals surface area contributed by atoms with Gasteiger partial charge in [0.15, 0.2) is 6.61 Å². The molecule has 0 fully saturated rings. The predicted molar refractivity (Wildman–Crippen MR) is 92.5 cm³/mol. The number of halogens is 1. The van der Waals surface area contributed by atoms with Crippen LogP contribution in [-0.4, -0.2) is 28.3 Å². The van der Waals surface area contributed by atoms with Crippen molar-refractivity contribution in [3.8, 4) is 0 Å². The molecule has 0 saturated heterocycles. The summed E-state index contributed by atoms with van der Waals surface area (Å²) in [5.41, 5.74) is 1.17. The molecule has 2 aromatic rings. The number of esters is 1. The zero-order chi connectivity index (χ0) is 18.6. The first kappa shape index (κ1) is 18.7. The van der Waals surface area contributed by atoms with E-state index in [1.165, 1.54) is 7.05 Å². The van der Waals surface area contributed by atoms with Gasteiger partial charge in [0.1, 0.15) is 5.56 Å². The maximum absolute atomic E-state index is 12.1. The van der Waals surface area contributed by atoms with E-state index < -0.39 is 24.0 Å². The molecule has 0 aliphatic carbocycles. The molecule has 8 heteroatoms. The Morgan fingerprint density at radius 2 is 1.88 bits per heavy atom. The van der Waals surface area contributed by atoms with Crippen LogP contribution in [0.4, 0.5) is 0 Å². The molecule has 0 saturated carbocycles. The van der Waals surface area contributed by atoms with E-state index in [4.69, 9.17) is 16.3 Å². The number of carbonyl (C=O) groups is 2. The van der Waals surface area contributed by atoms with E-state index >= 15 is 0 Å². The summed E-state index contributed by atoms with van der Waals surface area (Å²) in [4.78, 5) is 36.0. The SMILES string of the molecule is Cc1nn(C)c(=O)c(C(=O)OCC(=O)NCc2ccc(Cl)cc2)c1C. The number of nitrogens with one attached hydrogen (secondary N) is 1. The molecule has 1 amide bonds. The summed E-state index contributed by atoms with van der Waals surface area (Å²) >= 11 is 5.79. The summed E-state index contributed by atoms with van der Waals surface area (Å²) in [7, 11) is 1.45. The van der Waals surface area contributed by atoms with Crippen LogP contribution in [0.3, 0.4) is 0 Å². The zero-order valence-electron chi connectivity index (χ0n) is 14.1. The minimum absolute atomic E-state index is 0.111. The minimum atomic E-state index is -0.842. The summed E-state index contributed by atoms with van der Waals surface area (Å²) in [6, 6.07) is 6.99. The molecule has 1 aromatic heterocycles. The number of amides is 1. The van der Waals surface area contributed by atoms with Gasteiger partial charge in [0.05, 0.1) is 5.69 Å². The minimum Gasteiger partial charge on any atom is -0.452 e. The summed E-state index contributed by atoms with van der Waals surface area (Å²) in [6.07, 6.45) is 0. The highest BCUT2D eigenvalue weighted by molar-refractivity contribution is 6.30. The van der Waals surface area contributed by atoms with Crippen molar-refractivity contribution in [3.05, 3.63) is 62.0 Å². The molecule has 0 aliphatic heterocycles. The molecule has 1 aromatic carbocycles. The third kappa shape index (κ3) is 4.67. The normalized spacial score (nSPS) is 10.4. The Morgan fingerprint density at radius 1 is 1.24 bits per heavy atom. The Kier molecular flexibility index (Phi) is 5.93. The van der Waals surface area contributed by atoms with Crippen LogP contribution in [0.15, 0.2) is 29.1 Å². The van der Waals surface area contributed by atoms with Gasteiger partial charge in [-0.1, -0.05) is 23.7 Å². The van der Waals surface area contributed by atoms with Crippen molar-refractivity contribution < 1.29 is 14.3 Å². The van der Waals surface area contributed by atoms with Crippen LogP contribution in [-0.2, 0) is 23.1 Å². The monoisotopic (exact) mass is 363 g/mol. The van der Waals surface area contributed by atoms with E-state index in [-0.39, 0.29) is 12.1 Å². The molecule has 132 valence electrons. The number of benzene rings is 1. The third-order valence-electron chi connectivity index (χ3n) is 3.67. The standard InChI is InChI=1S/C17H18ClN3O4/c1-10-11(2)20-21(3)16(23)15(10)17(24)25-9-14(22)19-8-12-4-6-13(18)7-5-12/h4-7H,8-9H2,1-3H3,(H,19,22). The lowest BCUT2D eigenvalue weighted by Crippen LogP contribution is -2.32. The van der Waals surface area contributed by atoms with E-state index in [0.29, 0.717) is 16.3 Å². The van der Waals surface area contributed by atoms with Gasteiger partial charge in [0.2, 0.25) is 0 Å². The number of rotatable bonds is 5. The van der Waals surface area contributed by atoms with Crippen LogP contribution in [0, 0.1) is 13.8 Å². The van der Waals surface area contributed by atoms with Crippen LogP contribution in [0.2, 0.25) is 5.02 Å². The molecule has 0 bridgehead atoms. The highest BCUT2D eigenvalue weighted by atomic mass is 35.5. The van der Waals surface area contributed by atoms with Crippen LogP contribution < -0.4 is 10.9 Å². The average molecular weight is 364 g/mol. The second-order valence-electron chi connectivity index (χ2n) is 5.49.